The van der Waals surface area contributed by atoms with Crippen molar-refractivity contribution in [2.45, 2.75) is 18.8 Å². The summed E-state index contributed by atoms with van der Waals surface area (Å²) in [5.74, 6) is 0.820. The molecule has 0 atom stereocenters. The summed E-state index contributed by atoms with van der Waals surface area (Å²) in [5.41, 5.74) is 1.47. The molecular weight excluding hydrogens is 200 g/mol. The third-order valence-corrected chi connectivity index (χ3v) is 4.00. The van der Waals surface area contributed by atoms with Crippen LogP contribution < -0.4 is 0 Å². The van der Waals surface area contributed by atoms with Crippen molar-refractivity contribution in [1.82, 2.24) is 0 Å². The minimum absolute atomic E-state index is 0.820. The van der Waals surface area contributed by atoms with Crippen LogP contribution in [0.2, 0.25) is 5.02 Å². The summed E-state index contributed by atoms with van der Waals surface area (Å²) in [6, 6.07) is 6.69. The molecule has 1 saturated carbocycles. The molecule has 66 valence electrons. The molecule has 0 aliphatic heterocycles. The molecule has 0 N–H and O–H groups in total. The standard InChI is InChI=1S/C11H9ClS/c12-10-6-13-11-4-3-8(5-9(10)11)7-1-2-7/h3-7H,1-2H2. The van der Waals surface area contributed by atoms with Gasteiger partial charge >= 0.3 is 0 Å². The van der Waals surface area contributed by atoms with Crippen molar-refractivity contribution in [3.8, 4) is 0 Å². The van der Waals surface area contributed by atoms with Crippen molar-refractivity contribution >= 4 is 33.0 Å². The zero-order valence-corrected chi connectivity index (χ0v) is 8.66. The van der Waals surface area contributed by atoms with Gasteiger partial charge in [-0.25, -0.2) is 0 Å². The predicted molar refractivity (Wildman–Crippen MR) is 58.8 cm³/mol. The number of thiophene rings is 1. The maximum atomic E-state index is 6.08. The Morgan fingerprint density at radius 2 is 2.15 bits per heavy atom. The number of halogens is 1. The Morgan fingerprint density at radius 1 is 1.31 bits per heavy atom. The van der Waals surface area contributed by atoms with Gasteiger partial charge in [-0.05, 0) is 36.5 Å². The van der Waals surface area contributed by atoms with E-state index >= 15 is 0 Å². The summed E-state index contributed by atoms with van der Waals surface area (Å²) in [7, 11) is 0. The molecule has 0 saturated heterocycles. The van der Waals surface area contributed by atoms with E-state index in [0.717, 1.165) is 10.9 Å². The molecule has 1 heterocycles. The van der Waals surface area contributed by atoms with Gasteiger partial charge in [0.1, 0.15) is 0 Å². The second kappa shape index (κ2) is 2.73. The van der Waals surface area contributed by atoms with Gasteiger partial charge in [-0.1, -0.05) is 17.7 Å². The summed E-state index contributed by atoms with van der Waals surface area (Å²) in [5, 5.41) is 4.15. The first-order valence-electron chi connectivity index (χ1n) is 4.51. The number of benzene rings is 1. The lowest BCUT2D eigenvalue weighted by Gasteiger charge is -1.97. The topological polar surface area (TPSA) is 0 Å². The van der Waals surface area contributed by atoms with Crippen LogP contribution in [-0.4, -0.2) is 0 Å². The molecule has 1 aliphatic carbocycles. The van der Waals surface area contributed by atoms with E-state index in [9.17, 15) is 0 Å². The van der Waals surface area contributed by atoms with Crippen molar-refractivity contribution in [2.24, 2.45) is 0 Å². The summed E-state index contributed by atoms with van der Waals surface area (Å²) >= 11 is 7.80. The molecule has 0 bridgehead atoms. The van der Waals surface area contributed by atoms with Crippen LogP contribution in [0.3, 0.4) is 0 Å². The van der Waals surface area contributed by atoms with E-state index < -0.39 is 0 Å². The van der Waals surface area contributed by atoms with Gasteiger partial charge in [-0.2, -0.15) is 0 Å². The summed E-state index contributed by atoms with van der Waals surface area (Å²) in [6.45, 7) is 0. The molecule has 2 heteroatoms. The van der Waals surface area contributed by atoms with Crippen LogP contribution in [0, 0.1) is 0 Å². The van der Waals surface area contributed by atoms with Crippen LogP contribution in [0.4, 0.5) is 0 Å². The normalized spacial score (nSPS) is 16.7. The van der Waals surface area contributed by atoms with Gasteiger partial charge < -0.3 is 0 Å². The number of fused-ring (bicyclic) bond motifs is 1. The number of rotatable bonds is 1. The van der Waals surface area contributed by atoms with Gasteiger partial charge in [0, 0.05) is 15.5 Å². The van der Waals surface area contributed by atoms with Gasteiger partial charge in [-0.15, -0.1) is 11.3 Å². The second-order valence-electron chi connectivity index (χ2n) is 3.61. The second-order valence-corrected chi connectivity index (χ2v) is 4.93. The lowest BCUT2D eigenvalue weighted by Crippen LogP contribution is -1.76. The monoisotopic (exact) mass is 208 g/mol. The van der Waals surface area contributed by atoms with Crippen molar-refractivity contribution < 1.29 is 0 Å². The minimum Gasteiger partial charge on any atom is -0.142 e. The number of hydrogen-bond donors (Lipinski definition) is 0. The van der Waals surface area contributed by atoms with E-state index in [4.69, 9.17) is 11.6 Å². The third kappa shape index (κ3) is 1.27. The molecule has 0 nitrogen and oxygen atoms in total. The molecule has 0 radical (unpaired) electrons. The van der Waals surface area contributed by atoms with Crippen molar-refractivity contribution in [2.75, 3.05) is 0 Å². The summed E-state index contributed by atoms with van der Waals surface area (Å²) in [6.07, 6.45) is 2.71. The highest BCUT2D eigenvalue weighted by molar-refractivity contribution is 7.17. The van der Waals surface area contributed by atoms with Crippen LogP contribution in [0.5, 0.6) is 0 Å². The first-order chi connectivity index (χ1) is 6.34. The van der Waals surface area contributed by atoms with Crippen LogP contribution in [0.25, 0.3) is 10.1 Å². The highest BCUT2D eigenvalue weighted by atomic mass is 35.5. The first-order valence-corrected chi connectivity index (χ1v) is 5.77. The molecule has 1 aliphatic rings. The van der Waals surface area contributed by atoms with E-state index in [-0.39, 0.29) is 0 Å². The maximum Gasteiger partial charge on any atom is 0.0591 e. The predicted octanol–water partition coefficient (Wildman–Crippen LogP) is 4.43. The number of hydrogen-bond acceptors (Lipinski definition) is 1. The van der Waals surface area contributed by atoms with E-state index in [1.807, 2.05) is 5.38 Å². The van der Waals surface area contributed by atoms with Gasteiger partial charge in [0.25, 0.3) is 0 Å². The molecular formula is C11H9ClS. The van der Waals surface area contributed by atoms with Gasteiger partial charge in [-0.3, -0.25) is 0 Å². The van der Waals surface area contributed by atoms with E-state index in [1.54, 1.807) is 11.3 Å². The van der Waals surface area contributed by atoms with Crippen LogP contribution >= 0.6 is 22.9 Å². The minimum atomic E-state index is 0.820. The average molecular weight is 209 g/mol. The van der Waals surface area contributed by atoms with Gasteiger partial charge in [0.05, 0.1) is 5.02 Å². The molecule has 0 amide bonds. The molecule has 13 heavy (non-hydrogen) atoms. The molecule has 0 spiro atoms. The SMILES string of the molecule is Clc1csc2ccc(C3CC3)cc12. The van der Waals surface area contributed by atoms with E-state index in [1.165, 1.54) is 28.5 Å². The summed E-state index contributed by atoms with van der Waals surface area (Å²) in [4.78, 5) is 0. The average Bonchev–Trinajstić information content (AvgIpc) is 2.93. The zero-order valence-electron chi connectivity index (χ0n) is 7.09. The summed E-state index contributed by atoms with van der Waals surface area (Å²) < 4.78 is 1.30. The Bertz CT molecular complexity index is 454. The first kappa shape index (κ1) is 7.84. The van der Waals surface area contributed by atoms with E-state index in [2.05, 4.69) is 18.2 Å². The van der Waals surface area contributed by atoms with Gasteiger partial charge in [0.2, 0.25) is 0 Å². The Morgan fingerprint density at radius 3 is 2.92 bits per heavy atom. The Hall–Kier alpha value is -0.530. The molecule has 1 fully saturated rings. The lowest BCUT2D eigenvalue weighted by molar-refractivity contribution is 1.14. The third-order valence-electron chi connectivity index (χ3n) is 2.60. The lowest BCUT2D eigenvalue weighted by atomic mass is 10.1. The van der Waals surface area contributed by atoms with Crippen LogP contribution in [-0.2, 0) is 0 Å². The van der Waals surface area contributed by atoms with Crippen molar-refractivity contribution in [1.29, 1.82) is 0 Å². The maximum absolute atomic E-state index is 6.08. The van der Waals surface area contributed by atoms with Crippen molar-refractivity contribution in [3.05, 3.63) is 34.2 Å². The Kier molecular flexibility index (Phi) is 1.64. The smallest absolute Gasteiger partial charge is 0.0591 e. The quantitative estimate of drug-likeness (QED) is 0.651. The van der Waals surface area contributed by atoms with Gasteiger partial charge in [0.15, 0.2) is 0 Å². The molecule has 1 aromatic carbocycles. The molecule has 3 rings (SSSR count). The van der Waals surface area contributed by atoms with E-state index in [0.29, 0.717) is 0 Å². The largest absolute Gasteiger partial charge is 0.142 e. The Balaban J connectivity index is 2.24. The molecule has 2 aromatic rings. The fourth-order valence-electron chi connectivity index (χ4n) is 1.69. The fourth-order valence-corrected chi connectivity index (χ4v) is 2.83. The Labute approximate surface area is 86.1 Å². The fraction of sp³-hybridized carbons (Fsp3) is 0.273. The van der Waals surface area contributed by atoms with Crippen LogP contribution in [0.15, 0.2) is 23.6 Å². The highest BCUT2D eigenvalue weighted by Gasteiger charge is 2.23. The van der Waals surface area contributed by atoms with Crippen LogP contribution in [0.1, 0.15) is 24.3 Å². The molecule has 1 aromatic heterocycles. The highest BCUT2D eigenvalue weighted by Crippen LogP contribution is 2.42. The molecule has 0 unspecified atom stereocenters. The van der Waals surface area contributed by atoms with Crippen molar-refractivity contribution in [3.63, 3.8) is 0 Å². The zero-order chi connectivity index (χ0) is 8.84.